The molecule has 0 saturated carbocycles. The predicted molar refractivity (Wildman–Crippen MR) is 106 cm³/mol. The summed E-state index contributed by atoms with van der Waals surface area (Å²) in [5.41, 5.74) is 0. The molecule has 2 aromatic heterocycles. The number of nitrogens with zero attached hydrogens (tertiary/aromatic N) is 6. The van der Waals surface area contributed by atoms with E-state index in [0.717, 1.165) is 0 Å². The molecule has 2 aliphatic heterocycles. The number of hydrogen-bond acceptors (Lipinski definition) is 10. The number of aromatic nitrogens is 4. The van der Waals surface area contributed by atoms with Gasteiger partial charge in [-0.15, -0.1) is 10.2 Å². The minimum atomic E-state index is -2.92. The second-order valence-corrected chi connectivity index (χ2v) is 10.3. The van der Waals surface area contributed by atoms with Crippen molar-refractivity contribution in [3.8, 4) is 0 Å². The van der Waals surface area contributed by atoms with Gasteiger partial charge in [0, 0.05) is 45.0 Å². The van der Waals surface area contributed by atoms with Crippen LogP contribution in [0.3, 0.4) is 0 Å². The van der Waals surface area contributed by atoms with Crippen LogP contribution in [0.5, 0.6) is 0 Å². The van der Waals surface area contributed by atoms with E-state index in [1.165, 1.54) is 11.8 Å². The Kier molecular flexibility index (Phi) is 5.99. The van der Waals surface area contributed by atoms with Crippen molar-refractivity contribution < 1.29 is 17.6 Å². The van der Waals surface area contributed by atoms with Crippen LogP contribution in [0.25, 0.3) is 0 Å². The highest BCUT2D eigenvalue weighted by molar-refractivity contribution is 7.99. The molecule has 4 heterocycles. The number of amides is 1. The Balaban J connectivity index is 1.22. The van der Waals surface area contributed by atoms with Crippen LogP contribution in [0.2, 0.25) is 0 Å². The van der Waals surface area contributed by atoms with Crippen molar-refractivity contribution in [3.05, 3.63) is 24.4 Å². The first-order valence-corrected chi connectivity index (χ1v) is 12.2. The van der Waals surface area contributed by atoms with Gasteiger partial charge in [-0.25, -0.2) is 18.4 Å². The fourth-order valence-electron chi connectivity index (χ4n) is 3.48. The molecule has 2 aliphatic rings. The zero-order chi connectivity index (χ0) is 20.3. The summed E-state index contributed by atoms with van der Waals surface area (Å²) in [7, 11) is -2.92. The van der Waals surface area contributed by atoms with Gasteiger partial charge < -0.3 is 14.2 Å². The fourth-order valence-corrected chi connectivity index (χ4v) is 6.03. The molecule has 10 nitrogen and oxygen atoms in total. The number of thioether (sulfide) groups is 1. The Morgan fingerprint density at radius 1 is 1.17 bits per heavy atom. The first-order valence-electron chi connectivity index (χ1n) is 9.44. The number of carbonyl (C=O) groups is 1. The highest BCUT2D eigenvalue weighted by atomic mass is 32.2. The molecule has 156 valence electrons. The van der Waals surface area contributed by atoms with E-state index in [0.29, 0.717) is 56.1 Å². The molecule has 0 radical (unpaired) electrons. The normalized spacial score (nSPS) is 21.4. The van der Waals surface area contributed by atoms with Crippen LogP contribution in [0.4, 0.5) is 5.95 Å². The average molecular weight is 439 g/mol. The molecule has 0 aromatic carbocycles. The summed E-state index contributed by atoms with van der Waals surface area (Å²) in [5.74, 6) is 1.79. The SMILES string of the molecule is O=C(CSc1nnc(C[C@H]2CCS(=O)(=O)C2)o1)N1CCN(c2ncccn2)CC1. The Labute approximate surface area is 173 Å². The maximum absolute atomic E-state index is 12.5. The number of sulfone groups is 1. The Morgan fingerprint density at radius 3 is 2.62 bits per heavy atom. The van der Waals surface area contributed by atoms with Crippen LogP contribution in [-0.4, -0.2) is 82.8 Å². The zero-order valence-corrected chi connectivity index (χ0v) is 17.4. The van der Waals surface area contributed by atoms with Gasteiger partial charge in [0.2, 0.25) is 17.7 Å². The lowest BCUT2D eigenvalue weighted by molar-refractivity contribution is -0.128. The molecule has 4 rings (SSSR count). The molecule has 1 amide bonds. The number of anilines is 1. The van der Waals surface area contributed by atoms with Gasteiger partial charge in [0.25, 0.3) is 5.22 Å². The third-order valence-electron chi connectivity index (χ3n) is 5.02. The van der Waals surface area contributed by atoms with Crippen molar-refractivity contribution in [2.24, 2.45) is 5.92 Å². The summed E-state index contributed by atoms with van der Waals surface area (Å²) in [6.45, 7) is 2.61. The summed E-state index contributed by atoms with van der Waals surface area (Å²) < 4.78 is 28.7. The van der Waals surface area contributed by atoms with Crippen LogP contribution < -0.4 is 4.90 Å². The van der Waals surface area contributed by atoms with E-state index in [-0.39, 0.29) is 29.1 Å². The van der Waals surface area contributed by atoms with E-state index in [1.54, 1.807) is 18.5 Å². The fraction of sp³-hybridized carbons (Fsp3) is 0.588. The van der Waals surface area contributed by atoms with Gasteiger partial charge in [-0.05, 0) is 18.4 Å². The lowest BCUT2D eigenvalue weighted by Crippen LogP contribution is -2.49. The van der Waals surface area contributed by atoms with Crippen molar-refractivity contribution in [1.29, 1.82) is 0 Å². The molecule has 0 N–H and O–H groups in total. The van der Waals surface area contributed by atoms with Crippen LogP contribution in [0, 0.1) is 5.92 Å². The molecule has 0 bridgehead atoms. The number of hydrogen-bond donors (Lipinski definition) is 0. The monoisotopic (exact) mass is 438 g/mol. The zero-order valence-electron chi connectivity index (χ0n) is 15.8. The van der Waals surface area contributed by atoms with Crippen molar-refractivity contribution in [2.45, 2.75) is 18.1 Å². The standard InChI is InChI=1S/C17H22N6O4S2/c24-15(22-5-7-23(8-6-22)16-18-3-1-4-19-16)11-28-17-21-20-14(27-17)10-13-2-9-29(25,26)12-13/h1,3-4,13H,2,5-12H2/t13-/m1/s1. The van der Waals surface area contributed by atoms with Crippen LogP contribution in [0.1, 0.15) is 12.3 Å². The molecule has 29 heavy (non-hydrogen) atoms. The second-order valence-electron chi connectivity index (χ2n) is 7.14. The lowest BCUT2D eigenvalue weighted by Gasteiger charge is -2.34. The third-order valence-corrected chi connectivity index (χ3v) is 7.67. The minimum Gasteiger partial charge on any atom is -0.416 e. The lowest BCUT2D eigenvalue weighted by atomic mass is 10.1. The van der Waals surface area contributed by atoms with Gasteiger partial charge in [0.05, 0.1) is 17.3 Å². The Morgan fingerprint density at radius 2 is 1.93 bits per heavy atom. The first kappa shape index (κ1) is 20.1. The first-order chi connectivity index (χ1) is 14.0. The van der Waals surface area contributed by atoms with Crippen molar-refractivity contribution in [3.63, 3.8) is 0 Å². The molecule has 0 unspecified atom stereocenters. The van der Waals surface area contributed by atoms with E-state index in [1.807, 2.05) is 4.90 Å². The topological polar surface area (TPSA) is 122 Å². The van der Waals surface area contributed by atoms with E-state index in [9.17, 15) is 13.2 Å². The molecule has 2 fully saturated rings. The maximum Gasteiger partial charge on any atom is 0.277 e. The molecule has 12 heteroatoms. The van der Waals surface area contributed by atoms with Gasteiger partial charge in [0.15, 0.2) is 9.84 Å². The quantitative estimate of drug-likeness (QED) is 0.581. The molecule has 0 spiro atoms. The number of piperazine rings is 1. The van der Waals surface area contributed by atoms with Crippen molar-refractivity contribution >= 4 is 33.5 Å². The molecular weight excluding hydrogens is 416 g/mol. The molecule has 0 aliphatic carbocycles. The van der Waals surface area contributed by atoms with Crippen molar-refractivity contribution in [2.75, 3.05) is 48.3 Å². The third kappa shape index (κ3) is 5.24. The second kappa shape index (κ2) is 8.66. The van der Waals surface area contributed by atoms with Crippen LogP contribution in [-0.2, 0) is 21.1 Å². The summed E-state index contributed by atoms with van der Waals surface area (Å²) in [6.07, 6.45) is 4.51. The van der Waals surface area contributed by atoms with Crippen molar-refractivity contribution in [1.82, 2.24) is 25.1 Å². The van der Waals surface area contributed by atoms with E-state index >= 15 is 0 Å². The summed E-state index contributed by atoms with van der Waals surface area (Å²) >= 11 is 1.21. The van der Waals surface area contributed by atoms with E-state index < -0.39 is 9.84 Å². The number of carbonyl (C=O) groups excluding carboxylic acids is 1. The molecule has 1 atom stereocenters. The summed E-state index contributed by atoms with van der Waals surface area (Å²) in [4.78, 5) is 24.8. The molecule has 2 saturated heterocycles. The largest absolute Gasteiger partial charge is 0.416 e. The van der Waals surface area contributed by atoms with E-state index in [2.05, 4.69) is 25.1 Å². The van der Waals surface area contributed by atoms with Crippen LogP contribution >= 0.6 is 11.8 Å². The highest BCUT2D eigenvalue weighted by Gasteiger charge is 2.29. The van der Waals surface area contributed by atoms with Crippen LogP contribution in [0.15, 0.2) is 28.1 Å². The molecule has 2 aromatic rings. The van der Waals surface area contributed by atoms with Gasteiger partial charge in [-0.1, -0.05) is 11.8 Å². The van der Waals surface area contributed by atoms with Gasteiger partial charge in [-0.3, -0.25) is 4.79 Å². The number of rotatable bonds is 6. The maximum atomic E-state index is 12.5. The Bertz CT molecular complexity index is 944. The Hall–Kier alpha value is -2.21. The predicted octanol–water partition coefficient (Wildman–Crippen LogP) is 0.278. The smallest absolute Gasteiger partial charge is 0.277 e. The summed E-state index contributed by atoms with van der Waals surface area (Å²) in [5, 5.41) is 8.29. The highest BCUT2D eigenvalue weighted by Crippen LogP contribution is 2.24. The minimum absolute atomic E-state index is 0.0188. The average Bonchev–Trinajstić information content (AvgIpc) is 3.32. The van der Waals surface area contributed by atoms with Gasteiger partial charge >= 0.3 is 0 Å². The summed E-state index contributed by atoms with van der Waals surface area (Å²) in [6, 6.07) is 1.78. The van der Waals surface area contributed by atoms with E-state index in [4.69, 9.17) is 4.42 Å². The molecular formula is C17H22N6O4S2. The van der Waals surface area contributed by atoms with Gasteiger partial charge in [0.1, 0.15) is 0 Å². The van der Waals surface area contributed by atoms with Gasteiger partial charge in [-0.2, -0.15) is 0 Å².